The van der Waals surface area contributed by atoms with Gasteiger partial charge in [-0.1, -0.05) is 6.07 Å². The van der Waals surface area contributed by atoms with Crippen molar-refractivity contribution in [2.45, 2.75) is 23.9 Å². The van der Waals surface area contributed by atoms with Gasteiger partial charge in [0, 0.05) is 32.6 Å². The molecular weight excluding hydrogens is 433 g/mol. The molecule has 1 aromatic carbocycles. The Morgan fingerprint density at radius 3 is 2.34 bits per heavy atom. The summed E-state index contributed by atoms with van der Waals surface area (Å²) in [5, 5.41) is 0. The number of hydrogen-bond acceptors (Lipinski definition) is 5. The number of piperazine rings is 1. The highest BCUT2D eigenvalue weighted by molar-refractivity contribution is 7.91. The van der Waals surface area contributed by atoms with E-state index in [-0.39, 0.29) is 55.9 Å². The number of alkyl halides is 3. The van der Waals surface area contributed by atoms with Gasteiger partial charge in [-0.2, -0.15) is 17.5 Å². The maximum absolute atomic E-state index is 12.9. The molecule has 2 fully saturated rings. The van der Waals surface area contributed by atoms with Crippen molar-refractivity contribution >= 4 is 25.8 Å². The number of hydrogen-bond donors (Lipinski definition) is 0. The van der Waals surface area contributed by atoms with Crippen LogP contribution in [-0.2, 0) is 30.8 Å². The first-order valence-electron chi connectivity index (χ1n) is 9.04. The van der Waals surface area contributed by atoms with Gasteiger partial charge in [-0.3, -0.25) is 4.79 Å². The molecule has 29 heavy (non-hydrogen) atoms. The van der Waals surface area contributed by atoms with Crippen LogP contribution in [-0.4, -0.2) is 69.6 Å². The first-order chi connectivity index (χ1) is 13.4. The van der Waals surface area contributed by atoms with Gasteiger partial charge in [0.05, 0.1) is 22.0 Å². The minimum atomic E-state index is -4.65. The fourth-order valence-corrected chi connectivity index (χ4v) is 6.90. The van der Waals surface area contributed by atoms with Crippen LogP contribution in [0.25, 0.3) is 0 Å². The van der Waals surface area contributed by atoms with Crippen LogP contribution in [0.4, 0.5) is 13.2 Å². The average Bonchev–Trinajstić information content (AvgIpc) is 2.99. The molecule has 2 aliphatic rings. The molecule has 0 N–H and O–H groups in total. The van der Waals surface area contributed by atoms with E-state index in [4.69, 9.17) is 0 Å². The third kappa shape index (κ3) is 5.10. The molecule has 0 unspecified atom stereocenters. The number of carbonyl (C=O) groups is 1. The third-order valence-electron chi connectivity index (χ3n) is 5.18. The van der Waals surface area contributed by atoms with E-state index >= 15 is 0 Å². The second-order valence-electron chi connectivity index (χ2n) is 7.28. The Labute approximate surface area is 167 Å². The van der Waals surface area contributed by atoms with Crippen LogP contribution in [0, 0.1) is 5.92 Å². The van der Waals surface area contributed by atoms with Gasteiger partial charge in [0.15, 0.2) is 9.84 Å². The molecule has 0 radical (unpaired) electrons. The third-order valence-corrected chi connectivity index (χ3v) is 8.91. The SMILES string of the molecule is O=C(C[C@H]1CCS(=O)(=O)C1)N1CCN(S(=O)(=O)c2cccc(C(F)(F)F)c2)CC1. The highest BCUT2D eigenvalue weighted by Crippen LogP contribution is 2.31. The van der Waals surface area contributed by atoms with Crippen molar-refractivity contribution in [3.05, 3.63) is 29.8 Å². The van der Waals surface area contributed by atoms with Gasteiger partial charge in [0.25, 0.3) is 0 Å². The van der Waals surface area contributed by atoms with Crippen molar-refractivity contribution < 1.29 is 34.8 Å². The van der Waals surface area contributed by atoms with Crippen molar-refractivity contribution in [3.8, 4) is 0 Å². The smallest absolute Gasteiger partial charge is 0.340 e. The zero-order valence-corrected chi connectivity index (χ0v) is 17.1. The van der Waals surface area contributed by atoms with Crippen LogP contribution in [0.5, 0.6) is 0 Å². The van der Waals surface area contributed by atoms with E-state index in [2.05, 4.69) is 0 Å². The number of sulfone groups is 1. The predicted molar refractivity (Wildman–Crippen MR) is 98.2 cm³/mol. The summed E-state index contributed by atoms with van der Waals surface area (Å²) in [7, 11) is -7.20. The lowest BCUT2D eigenvalue weighted by Crippen LogP contribution is -2.50. The monoisotopic (exact) mass is 454 g/mol. The molecule has 12 heteroatoms. The summed E-state index contributed by atoms with van der Waals surface area (Å²) in [6, 6.07) is 3.57. The summed E-state index contributed by atoms with van der Waals surface area (Å²) >= 11 is 0. The summed E-state index contributed by atoms with van der Waals surface area (Å²) in [6.07, 6.45) is -4.11. The number of sulfonamides is 1. The highest BCUT2D eigenvalue weighted by Gasteiger charge is 2.35. The quantitative estimate of drug-likeness (QED) is 0.685. The number of halogens is 3. The fraction of sp³-hybridized carbons (Fsp3) is 0.588. The Hall–Kier alpha value is -1.66. The lowest BCUT2D eigenvalue weighted by atomic mass is 10.0. The average molecular weight is 454 g/mol. The van der Waals surface area contributed by atoms with Crippen molar-refractivity contribution in [2.75, 3.05) is 37.7 Å². The maximum atomic E-state index is 12.9. The Bertz CT molecular complexity index is 985. The molecular formula is C17H21F3N2O5S2. The number of rotatable bonds is 4. The van der Waals surface area contributed by atoms with Crippen molar-refractivity contribution in [1.82, 2.24) is 9.21 Å². The predicted octanol–water partition coefficient (Wildman–Crippen LogP) is 1.36. The van der Waals surface area contributed by atoms with Gasteiger partial charge in [0.2, 0.25) is 15.9 Å². The summed E-state index contributed by atoms with van der Waals surface area (Å²) in [6.45, 7) is 0.146. The molecule has 7 nitrogen and oxygen atoms in total. The Balaban J connectivity index is 1.62. The Morgan fingerprint density at radius 2 is 1.79 bits per heavy atom. The molecule has 162 valence electrons. The molecule has 0 spiro atoms. The molecule has 1 aromatic rings. The van der Waals surface area contributed by atoms with E-state index in [1.54, 1.807) is 0 Å². The van der Waals surface area contributed by atoms with Gasteiger partial charge in [-0.25, -0.2) is 16.8 Å². The van der Waals surface area contributed by atoms with Crippen LogP contribution in [0.15, 0.2) is 29.2 Å². The van der Waals surface area contributed by atoms with E-state index in [9.17, 15) is 34.8 Å². The van der Waals surface area contributed by atoms with Crippen LogP contribution < -0.4 is 0 Å². The van der Waals surface area contributed by atoms with Gasteiger partial charge < -0.3 is 4.90 Å². The number of nitrogens with zero attached hydrogens (tertiary/aromatic N) is 2. The first-order valence-corrected chi connectivity index (χ1v) is 12.3. The van der Waals surface area contributed by atoms with Crippen molar-refractivity contribution in [1.29, 1.82) is 0 Å². The van der Waals surface area contributed by atoms with E-state index in [0.29, 0.717) is 12.5 Å². The van der Waals surface area contributed by atoms with Crippen LogP contribution in [0.3, 0.4) is 0 Å². The zero-order valence-electron chi connectivity index (χ0n) is 15.4. The molecule has 1 amide bonds. The molecule has 0 aromatic heterocycles. The second-order valence-corrected chi connectivity index (χ2v) is 11.5. The first kappa shape index (κ1) is 22.0. The van der Waals surface area contributed by atoms with Crippen molar-refractivity contribution in [2.24, 2.45) is 5.92 Å². The van der Waals surface area contributed by atoms with Crippen LogP contribution in [0.1, 0.15) is 18.4 Å². The maximum Gasteiger partial charge on any atom is 0.416 e. The topological polar surface area (TPSA) is 91.8 Å². The lowest BCUT2D eigenvalue weighted by molar-refractivity contribution is -0.137. The normalized spacial score (nSPS) is 23.3. The summed E-state index contributed by atoms with van der Waals surface area (Å²) in [4.78, 5) is 13.4. The second kappa shape index (κ2) is 7.88. The number of carbonyl (C=O) groups excluding carboxylic acids is 1. The Morgan fingerprint density at radius 1 is 1.14 bits per heavy atom. The lowest BCUT2D eigenvalue weighted by Gasteiger charge is -2.34. The largest absolute Gasteiger partial charge is 0.416 e. The van der Waals surface area contributed by atoms with Gasteiger partial charge in [-0.15, -0.1) is 0 Å². The molecule has 3 rings (SSSR count). The van der Waals surface area contributed by atoms with Crippen LogP contribution >= 0.6 is 0 Å². The van der Waals surface area contributed by atoms with E-state index in [1.807, 2.05) is 0 Å². The minimum absolute atomic E-state index is 0.0113. The fourth-order valence-electron chi connectivity index (χ4n) is 3.57. The molecule has 1 atom stereocenters. The van der Waals surface area contributed by atoms with Crippen LogP contribution in [0.2, 0.25) is 0 Å². The zero-order chi connectivity index (χ0) is 21.4. The van der Waals surface area contributed by atoms with E-state index < -0.39 is 36.5 Å². The molecule has 0 saturated carbocycles. The molecule has 2 saturated heterocycles. The minimum Gasteiger partial charge on any atom is -0.340 e. The molecule has 2 heterocycles. The molecule has 2 aliphatic heterocycles. The summed E-state index contributed by atoms with van der Waals surface area (Å²) in [5.41, 5.74) is -1.04. The van der Waals surface area contributed by atoms with Gasteiger partial charge >= 0.3 is 6.18 Å². The molecule has 0 bridgehead atoms. The van der Waals surface area contributed by atoms with Crippen molar-refractivity contribution in [3.63, 3.8) is 0 Å². The van der Waals surface area contributed by atoms with E-state index in [1.165, 1.54) is 4.90 Å². The highest BCUT2D eigenvalue weighted by atomic mass is 32.2. The van der Waals surface area contributed by atoms with E-state index in [0.717, 1.165) is 22.5 Å². The summed E-state index contributed by atoms with van der Waals surface area (Å²) in [5.74, 6) is -0.390. The Kier molecular flexibility index (Phi) is 5.98. The standard InChI is InChI=1S/C17H21F3N2O5S2/c18-17(19,20)14-2-1-3-15(11-14)29(26,27)22-7-5-21(6-8-22)16(23)10-13-4-9-28(24,25)12-13/h1-3,11,13H,4-10,12H2/t13-/m1/s1. The summed E-state index contributed by atoms with van der Waals surface area (Å²) < 4.78 is 88.0. The number of benzene rings is 1. The number of amides is 1. The molecule has 0 aliphatic carbocycles. The van der Waals surface area contributed by atoms with Gasteiger partial charge in [-0.05, 0) is 30.5 Å². The van der Waals surface area contributed by atoms with Gasteiger partial charge in [0.1, 0.15) is 0 Å².